The van der Waals surface area contributed by atoms with Crippen LogP contribution in [0.2, 0.25) is 0 Å². The topological polar surface area (TPSA) is 12.9 Å². The van der Waals surface area contributed by atoms with Crippen molar-refractivity contribution in [2.24, 2.45) is 5.92 Å². The Morgan fingerprint density at radius 1 is 1.07 bits per heavy atom. The van der Waals surface area contributed by atoms with Crippen LogP contribution in [0.1, 0.15) is 37.5 Å². The van der Waals surface area contributed by atoms with Crippen LogP contribution < -0.4 is 0 Å². The molecule has 0 saturated carbocycles. The summed E-state index contributed by atoms with van der Waals surface area (Å²) < 4.78 is 0. The van der Waals surface area contributed by atoms with Gasteiger partial charge >= 0.3 is 0 Å². The second-order valence-electron chi connectivity index (χ2n) is 3.54. The van der Waals surface area contributed by atoms with Gasteiger partial charge in [-0.3, -0.25) is 4.98 Å². The molecular weight excluding hydrogens is 182 g/mol. The Bertz CT molecular complexity index is 375. The number of rotatable bonds is 0. The molecule has 1 aromatic rings. The molecule has 0 radical (unpaired) electrons. The summed E-state index contributed by atoms with van der Waals surface area (Å²) in [5.74, 6) is 0.520. The molecular formula is C14H19N. The van der Waals surface area contributed by atoms with E-state index in [9.17, 15) is 0 Å². The predicted molar refractivity (Wildman–Crippen MR) is 67.6 cm³/mol. The van der Waals surface area contributed by atoms with E-state index in [1.807, 2.05) is 26.2 Å². The van der Waals surface area contributed by atoms with Gasteiger partial charge in [0.15, 0.2) is 0 Å². The van der Waals surface area contributed by atoms with Gasteiger partial charge in [-0.05, 0) is 29.5 Å². The van der Waals surface area contributed by atoms with E-state index in [1.165, 1.54) is 16.7 Å². The van der Waals surface area contributed by atoms with E-state index >= 15 is 0 Å². The number of pyridine rings is 1. The van der Waals surface area contributed by atoms with Gasteiger partial charge in [0.25, 0.3) is 0 Å². The number of nitrogens with zero attached hydrogens (tertiary/aromatic N) is 1. The summed E-state index contributed by atoms with van der Waals surface area (Å²) in [5, 5.41) is 0. The first-order valence-electron chi connectivity index (χ1n) is 5.58. The number of allylic oxidation sites excluding steroid dienone is 2. The van der Waals surface area contributed by atoms with Gasteiger partial charge in [0, 0.05) is 12.4 Å². The van der Waals surface area contributed by atoms with Gasteiger partial charge in [0.05, 0.1) is 0 Å². The first-order valence-corrected chi connectivity index (χ1v) is 5.58. The minimum Gasteiger partial charge on any atom is -0.264 e. The fraction of sp³-hybridized carbons (Fsp3) is 0.357. The largest absolute Gasteiger partial charge is 0.264 e. The number of hydrogen-bond donors (Lipinski definition) is 0. The summed E-state index contributed by atoms with van der Waals surface area (Å²) in [4.78, 5) is 4.18. The van der Waals surface area contributed by atoms with Crippen LogP contribution in [0.25, 0.3) is 12.2 Å². The maximum atomic E-state index is 4.18. The zero-order valence-electron chi connectivity index (χ0n) is 9.99. The molecule has 1 aliphatic rings. The van der Waals surface area contributed by atoms with Gasteiger partial charge in [-0.15, -0.1) is 0 Å². The number of hydrogen-bond acceptors (Lipinski definition) is 1. The molecule has 0 saturated heterocycles. The normalized spacial score (nSPS) is 17.5. The molecule has 0 fully saturated rings. The minimum absolute atomic E-state index is 0.520. The van der Waals surface area contributed by atoms with E-state index < -0.39 is 0 Å². The molecule has 1 heterocycles. The zero-order chi connectivity index (χ0) is 11.3. The van der Waals surface area contributed by atoms with E-state index in [0.29, 0.717) is 5.92 Å². The summed E-state index contributed by atoms with van der Waals surface area (Å²) in [7, 11) is 0. The molecule has 1 nitrogen and oxygen atoms in total. The molecule has 1 aromatic heterocycles. The van der Waals surface area contributed by atoms with Crippen LogP contribution >= 0.6 is 0 Å². The fourth-order valence-electron chi connectivity index (χ4n) is 1.52. The highest BCUT2D eigenvalue weighted by molar-refractivity contribution is 5.69. The molecule has 0 spiro atoms. The van der Waals surface area contributed by atoms with Crippen molar-refractivity contribution in [1.82, 2.24) is 4.98 Å². The van der Waals surface area contributed by atoms with Crippen molar-refractivity contribution < 1.29 is 0 Å². The third kappa shape index (κ3) is 2.79. The van der Waals surface area contributed by atoms with E-state index in [2.05, 4.69) is 43.1 Å². The van der Waals surface area contributed by atoms with Crippen molar-refractivity contribution in [1.29, 1.82) is 0 Å². The minimum atomic E-state index is 0.520. The van der Waals surface area contributed by atoms with Crippen LogP contribution in [-0.2, 0) is 0 Å². The lowest BCUT2D eigenvalue weighted by Crippen LogP contribution is -1.87. The zero-order valence-corrected chi connectivity index (χ0v) is 9.99. The first-order chi connectivity index (χ1) is 7.27. The summed E-state index contributed by atoms with van der Waals surface area (Å²) in [6, 6.07) is 0. The fourth-order valence-corrected chi connectivity index (χ4v) is 1.52. The number of aromatic nitrogens is 1. The van der Waals surface area contributed by atoms with Crippen LogP contribution in [0.4, 0.5) is 0 Å². The van der Waals surface area contributed by atoms with Crippen LogP contribution in [0.5, 0.6) is 0 Å². The van der Waals surface area contributed by atoms with Crippen molar-refractivity contribution in [3.63, 3.8) is 0 Å². The molecule has 0 amide bonds. The molecule has 2 rings (SSSR count). The van der Waals surface area contributed by atoms with Crippen LogP contribution in [0.3, 0.4) is 0 Å². The molecule has 0 bridgehead atoms. The quantitative estimate of drug-likeness (QED) is 0.616. The Hall–Kier alpha value is -1.37. The molecule has 1 aliphatic carbocycles. The second-order valence-corrected chi connectivity index (χ2v) is 3.54. The van der Waals surface area contributed by atoms with Crippen LogP contribution in [-0.4, -0.2) is 4.98 Å². The van der Waals surface area contributed by atoms with Crippen molar-refractivity contribution in [2.75, 3.05) is 0 Å². The van der Waals surface area contributed by atoms with Gasteiger partial charge in [-0.2, -0.15) is 0 Å². The molecule has 1 atom stereocenters. The Labute approximate surface area is 92.6 Å². The highest BCUT2D eigenvalue weighted by Crippen LogP contribution is 2.21. The highest BCUT2D eigenvalue weighted by Gasteiger charge is 2.04. The summed E-state index contributed by atoms with van der Waals surface area (Å²) >= 11 is 0. The standard InChI is InChI=1S/C12H13N.C2H6/c1-9-3-5-11-8-13-7-10(2)12(11)6-4-9;1-2/h3-9H,1-2H3;1-2H3. The van der Waals surface area contributed by atoms with E-state index in [1.54, 1.807) is 0 Å². The summed E-state index contributed by atoms with van der Waals surface area (Å²) in [6.45, 7) is 8.28. The van der Waals surface area contributed by atoms with Gasteiger partial charge < -0.3 is 0 Å². The molecule has 15 heavy (non-hydrogen) atoms. The lowest BCUT2D eigenvalue weighted by atomic mass is 10.1. The third-order valence-corrected chi connectivity index (χ3v) is 2.36. The Morgan fingerprint density at radius 2 is 1.73 bits per heavy atom. The molecule has 1 unspecified atom stereocenters. The van der Waals surface area contributed by atoms with Crippen molar-refractivity contribution in [3.8, 4) is 0 Å². The molecule has 0 aliphatic heterocycles. The van der Waals surface area contributed by atoms with Crippen LogP contribution in [0.15, 0.2) is 24.5 Å². The summed E-state index contributed by atoms with van der Waals surface area (Å²) in [5.41, 5.74) is 3.77. The Balaban J connectivity index is 0.000000531. The highest BCUT2D eigenvalue weighted by atomic mass is 14.6. The average Bonchev–Trinajstić information content (AvgIpc) is 2.45. The van der Waals surface area contributed by atoms with Gasteiger partial charge in [0.2, 0.25) is 0 Å². The van der Waals surface area contributed by atoms with Crippen molar-refractivity contribution in [2.45, 2.75) is 27.7 Å². The van der Waals surface area contributed by atoms with Gasteiger partial charge in [0.1, 0.15) is 0 Å². The maximum Gasteiger partial charge on any atom is 0.0346 e. The Kier molecular flexibility index (Phi) is 4.29. The SMILES string of the molecule is CC.Cc1cncc2c1C=CC(C)C=C2. The van der Waals surface area contributed by atoms with Gasteiger partial charge in [-0.1, -0.05) is 45.1 Å². The van der Waals surface area contributed by atoms with E-state index in [4.69, 9.17) is 0 Å². The van der Waals surface area contributed by atoms with E-state index in [-0.39, 0.29) is 0 Å². The van der Waals surface area contributed by atoms with Gasteiger partial charge in [-0.25, -0.2) is 0 Å². The molecule has 0 N–H and O–H groups in total. The van der Waals surface area contributed by atoms with E-state index in [0.717, 1.165) is 0 Å². The summed E-state index contributed by atoms with van der Waals surface area (Å²) in [6.07, 6.45) is 12.6. The smallest absolute Gasteiger partial charge is 0.0346 e. The van der Waals surface area contributed by atoms with Crippen molar-refractivity contribution in [3.05, 3.63) is 41.2 Å². The Morgan fingerprint density at radius 3 is 2.47 bits per heavy atom. The number of aryl methyl sites for hydroxylation is 1. The monoisotopic (exact) mass is 201 g/mol. The average molecular weight is 201 g/mol. The lowest BCUT2D eigenvalue weighted by Gasteiger charge is -2.02. The van der Waals surface area contributed by atoms with Crippen molar-refractivity contribution >= 4 is 12.2 Å². The van der Waals surface area contributed by atoms with Crippen LogP contribution in [0, 0.1) is 12.8 Å². The molecule has 0 aromatic carbocycles. The molecule has 1 heteroatoms. The predicted octanol–water partition coefficient (Wildman–Crippen LogP) is 4.09. The maximum absolute atomic E-state index is 4.18. The third-order valence-electron chi connectivity index (χ3n) is 2.36. The first kappa shape index (κ1) is 11.7. The number of fused-ring (bicyclic) bond motifs is 1. The lowest BCUT2D eigenvalue weighted by molar-refractivity contribution is 0.954. The molecule has 80 valence electrons. The second kappa shape index (κ2) is 5.50.